The van der Waals surface area contributed by atoms with Crippen LogP contribution in [0.3, 0.4) is 0 Å². The van der Waals surface area contributed by atoms with E-state index in [-0.39, 0.29) is 5.82 Å². The molecular formula is C19H18FNO. The van der Waals surface area contributed by atoms with Gasteiger partial charge in [0.1, 0.15) is 11.6 Å². The number of halogens is 1. The number of nitrogens with zero attached hydrogens (tertiary/aromatic N) is 1. The first-order valence-electron chi connectivity index (χ1n) is 7.33. The topological polar surface area (TPSA) is 16.4 Å². The van der Waals surface area contributed by atoms with Crippen LogP contribution in [0.5, 0.6) is 0 Å². The Morgan fingerprint density at radius 3 is 2.27 bits per heavy atom. The summed E-state index contributed by atoms with van der Waals surface area (Å²) in [4.78, 5) is 2.17. The maximum atomic E-state index is 13.9. The SMILES string of the molecule is Fc1ccccc1CN(Cc1ccccc1)Cc1ccco1. The molecule has 0 spiro atoms. The van der Waals surface area contributed by atoms with Crippen molar-refractivity contribution in [2.24, 2.45) is 0 Å². The van der Waals surface area contributed by atoms with Gasteiger partial charge >= 0.3 is 0 Å². The minimum atomic E-state index is -0.167. The van der Waals surface area contributed by atoms with Crippen molar-refractivity contribution in [1.29, 1.82) is 0 Å². The van der Waals surface area contributed by atoms with Gasteiger partial charge in [0, 0.05) is 18.7 Å². The summed E-state index contributed by atoms with van der Waals surface area (Å²) in [6.07, 6.45) is 1.67. The molecule has 0 saturated heterocycles. The van der Waals surface area contributed by atoms with Gasteiger partial charge in [0.2, 0.25) is 0 Å². The Balaban J connectivity index is 1.78. The number of benzene rings is 2. The maximum Gasteiger partial charge on any atom is 0.127 e. The lowest BCUT2D eigenvalue weighted by Gasteiger charge is -2.21. The molecule has 1 heterocycles. The first-order chi connectivity index (χ1) is 10.8. The quantitative estimate of drug-likeness (QED) is 0.659. The molecule has 112 valence electrons. The van der Waals surface area contributed by atoms with E-state index in [1.807, 2.05) is 42.5 Å². The van der Waals surface area contributed by atoms with Crippen LogP contribution in [0.4, 0.5) is 4.39 Å². The molecule has 0 atom stereocenters. The molecule has 3 aromatic rings. The van der Waals surface area contributed by atoms with Crippen molar-refractivity contribution in [1.82, 2.24) is 4.90 Å². The summed E-state index contributed by atoms with van der Waals surface area (Å²) in [6.45, 7) is 1.94. The van der Waals surface area contributed by atoms with Gasteiger partial charge in [-0.05, 0) is 23.8 Å². The Morgan fingerprint density at radius 1 is 0.773 bits per heavy atom. The third-order valence-electron chi connectivity index (χ3n) is 3.56. The standard InChI is InChI=1S/C19H18FNO/c20-19-11-5-4-9-17(19)14-21(15-18-10-6-12-22-18)13-16-7-2-1-3-8-16/h1-12H,13-15H2. The van der Waals surface area contributed by atoms with Crippen LogP contribution in [0.2, 0.25) is 0 Å². The van der Waals surface area contributed by atoms with E-state index < -0.39 is 0 Å². The second-order valence-corrected chi connectivity index (χ2v) is 5.30. The van der Waals surface area contributed by atoms with E-state index in [0.717, 1.165) is 12.3 Å². The average Bonchev–Trinajstić information content (AvgIpc) is 3.03. The van der Waals surface area contributed by atoms with E-state index in [0.29, 0.717) is 18.7 Å². The minimum absolute atomic E-state index is 0.167. The summed E-state index contributed by atoms with van der Waals surface area (Å²) in [5.41, 5.74) is 1.90. The summed E-state index contributed by atoms with van der Waals surface area (Å²) in [5, 5.41) is 0. The molecule has 0 aliphatic heterocycles. The predicted octanol–water partition coefficient (Wildman–Crippen LogP) is 4.62. The van der Waals surface area contributed by atoms with E-state index >= 15 is 0 Å². The molecule has 0 bridgehead atoms. The van der Waals surface area contributed by atoms with Crippen LogP contribution in [0.15, 0.2) is 77.4 Å². The van der Waals surface area contributed by atoms with Crippen molar-refractivity contribution in [3.05, 3.63) is 95.7 Å². The van der Waals surface area contributed by atoms with Gasteiger partial charge in [0.05, 0.1) is 12.8 Å². The highest BCUT2D eigenvalue weighted by molar-refractivity contribution is 5.19. The molecule has 1 aromatic heterocycles. The second kappa shape index (κ2) is 7.05. The van der Waals surface area contributed by atoms with Gasteiger partial charge < -0.3 is 4.42 Å². The van der Waals surface area contributed by atoms with E-state index in [4.69, 9.17) is 4.42 Å². The third kappa shape index (κ3) is 3.83. The van der Waals surface area contributed by atoms with E-state index in [1.54, 1.807) is 12.3 Å². The van der Waals surface area contributed by atoms with Crippen molar-refractivity contribution in [3.8, 4) is 0 Å². The maximum absolute atomic E-state index is 13.9. The molecule has 0 amide bonds. The van der Waals surface area contributed by atoms with Gasteiger partial charge in [-0.2, -0.15) is 0 Å². The Kier molecular flexibility index (Phi) is 4.66. The van der Waals surface area contributed by atoms with Crippen LogP contribution in [-0.4, -0.2) is 4.90 Å². The predicted molar refractivity (Wildman–Crippen MR) is 84.5 cm³/mol. The van der Waals surface area contributed by atoms with Gasteiger partial charge in [-0.15, -0.1) is 0 Å². The lowest BCUT2D eigenvalue weighted by atomic mass is 10.1. The number of hydrogen-bond acceptors (Lipinski definition) is 2. The van der Waals surface area contributed by atoms with Gasteiger partial charge in [-0.1, -0.05) is 48.5 Å². The highest BCUT2D eigenvalue weighted by atomic mass is 19.1. The summed E-state index contributed by atoms with van der Waals surface area (Å²) in [7, 11) is 0. The van der Waals surface area contributed by atoms with Crippen molar-refractivity contribution >= 4 is 0 Å². The van der Waals surface area contributed by atoms with Crippen LogP contribution >= 0.6 is 0 Å². The van der Waals surface area contributed by atoms with Crippen LogP contribution in [0.1, 0.15) is 16.9 Å². The Morgan fingerprint density at radius 2 is 1.55 bits per heavy atom. The fraction of sp³-hybridized carbons (Fsp3) is 0.158. The van der Waals surface area contributed by atoms with Crippen LogP contribution < -0.4 is 0 Å². The summed E-state index contributed by atoms with van der Waals surface area (Å²) in [5.74, 6) is 0.715. The summed E-state index contributed by atoms with van der Waals surface area (Å²) in [6, 6.07) is 20.9. The van der Waals surface area contributed by atoms with E-state index in [2.05, 4.69) is 17.0 Å². The van der Waals surface area contributed by atoms with Gasteiger partial charge in [-0.3, -0.25) is 4.90 Å². The molecule has 0 aliphatic rings. The van der Waals surface area contributed by atoms with Crippen molar-refractivity contribution in [2.75, 3.05) is 0 Å². The van der Waals surface area contributed by atoms with Gasteiger partial charge in [0.15, 0.2) is 0 Å². The second-order valence-electron chi connectivity index (χ2n) is 5.30. The first-order valence-corrected chi connectivity index (χ1v) is 7.33. The molecule has 0 aliphatic carbocycles. The van der Waals surface area contributed by atoms with Gasteiger partial charge in [-0.25, -0.2) is 4.39 Å². The Bertz CT molecular complexity index is 694. The zero-order chi connectivity index (χ0) is 15.2. The largest absolute Gasteiger partial charge is 0.468 e. The van der Waals surface area contributed by atoms with Crippen molar-refractivity contribution < 1.29 is 8.81 Å². The molecule has 0 N–H and O–H groups in total. The highest BCUT2D eigenvalue weighted by Crippen LogP contribution is 2.16. The molecule has 0 fully saturated rings. The minimum Gasteiger partial charge on any atom is -0.468 e. The Labute approximate surface area is 129 Å². The van der Waals surface area contributed by atoms with Crippen molar-refractivity contribution in [2.45, 2.75) is 19.6 Å². The normalized spacial score (nSPS) is 11.0. The highest BCUT2D eigenvalue weighted by Gasteiger charge is 2.12. The smallest absolute Gasteiger partial charge is 0.127 e. The van der Waals surface area contributed by atoms with Crippen molar-refractivity contribution in [3.63, 3.8) is 0 Å². The number of hydrogen-bond donors (Lipinski definition) is 0. The molecule has 2 aromatic carbocycles. The third-order valence-corrected chi connectivity index (χ3v) is 3.56. The van der Waals surface area contributed by atoms with E-state index in [1.165, 1.54) is 11.6 Å². The zero-order valence-corrected chi connectivity index (χ0v) is 12.3. The van der Waals surface area contributed by atoms with Crippen LogP contribution in [-0.2, 0) is 19.6 Å². The van der Waals surface area contributed by atoms with Crippen LogP contribution in [0, 0.1) is 5.82 Å². The number of furan rings is 1. The first kappa shape index (κ1) is 14.5. The number of rotatable bonds is 6. The summed E-state index contributed by atoms with van der Waals surface area (Å²) >= 11 is 0. The average molecular weight is 295 g/mol. The monoisotopic (exact) mass is 295 g/mol. The fourth-order valence-corrected chi connectivity index (χ4v) is 2.50. The molecule has 3 rings (SSSR count). The lowest BCUT2D eigenvalue weighted by Crippen LogP contribution is -2.22. The lowest BCUT2D eigenvalue weighted by molar-refractivity contribution is 0.224. The zero-order valence-electron chi connectivity index (χ0n) is 12.3. The summed E-state index contributed by atoms with van der Waals surface area (Å²) < 4.78 is 19.4. The van der Waals surface area contributed by atoms with E-state index in [9.17, 15) is 4.39 Å². The molecule has 2 nitrogen and oxygen atoms in total. The molecule has 22 heavy (non-hydrogen) atoms. The molecule has 0 saturated carbocycles. The molecule has 0 unspecified atom stereocenters. The van der Waals surface area contributed by atoms with Crippen LogP contribution in [0.25, 0.3) is 0 Å². The van der Waals surface area contributed by atoms with Gasteiger partial charge in [0.25, 0.3) is 0 Å². The Hall–Kier alpha value is -2.39. The molecule has 3 heteroatoms. The molecular weight excluding hydrogens is 277 g/mol. The fourth-order valence-electron chi connectivity index (χ4n) is 2.50. The molecule has 0 radical (unpaired) electrons.